The molecule has 174 valence electrons. The zero-order chi connectivity index (χ0) is 23.8. The van der Waals surface area contributed by atoms with E-state index in [1.807, 2.05) is 0 Å². The van der Waals surface area contributed by atoms with Gasteiger partial charge in [-0.15, -0.1) is 0 Å². The van der Waals surface area contributed by atoms with Gasteiger partial charge in [0.2, 0.25) is 6.79 Å². The Labute approximate surface area is 196 Å². The molecule has 4 rings (SSSR count). The van der Waals surface area contributed by atoms with Gasteiger partial charge >= 0.3 is 0 Å². The van der Waals surface area contributed by atoms with Crippen molar-refractivity contribution in [2.24, 2.45) is 0 Å². The molecule has 1 atom stereocenters. The molecule has 0 radical (unpaired) electrons. The lowest BCUT2D eigenvalue weighted by molar-refractivity contribution is 0.174. The number of methoxy groups -OCH3 is 2. The Bertz CT molecular complexity index is 1300. The van der Waals surface area contributed by atoms with Crippen LogP contribution in [0.1, 0.15) is 18.5 Å². The molecule has 1 heterocycles. The number of halogens is 2. The first-order valence-electron chi connectivity index (χ1n) is 9.87. The van der Waals surface area contributed by atoms with Crippen LogP contribution in [0.3, 0.4) is 0 Å². The molecule has 0 N–H and O–H groups in total. The predicted octanol–water partition coefficient (Wildman–Crippen LogP) is 5.18. The Morgan fingerprint density at radius 1 is 0.970 bits per heavy atom. The molecule has 0 saturated carbocycles. The van der Waals surface area contributed by atoms with Gasteiger partial charge in [0.15, 0.2) is 23.0 Å². The van der Waals surface area contributed by atoms with Crippen molar-refractivity contribution in [2.75, 3.05) is 25.3 Å². The lowest BCUT2D eigenvalue weighted by Gasteiger charge is -2.31. The largest absolute Gasteiger partial charge is 0.493 e. The van der Waals surface area contributed by atoms with Crippen molar-refractivity contribution >= 4 is 27.3 Å². The Kier molecular flexibility index (Phi) is 6.27. The molecular formula is C23H21ClFNO6S. The van der Waals surface area contributed by atoms with E-state index in [-0.39, 0.29) is 16.7 Å². The first-order chi connectivity index (χ1) is 15.8. The Morgan fingerprint density at radius 2 is 1.70 bits per heavy atom. The van der Waals surface area contributed by atoms with Crippen LogP contribution in [0.5, 0.6) is 23.0 Å². The number of hydrogen-bond acceptors (Lipinski definition) is 6. The third-order valence-corrected chi connectivity index (χ3v) is 7.48. The molecule has 1 unspecified atom stereocenters. The number of fused-ring (bicyclic) bond motifs is 1. The topological polar surface area (TPSA) is 74.3 Å². The molecule has 1 aliphatic heterocycles. The summed E-state index contributed by atoms with van der Waals surface area (Å²) >= 11 is 5.89. The van der Waals surface area contributed by atoms with E-state index in [1.165, 1.54) is 24.6 Å². The molecule has 0 saturated heterocycles. The van der Waals surface area contributed by atoms with Gasteiger partial charge in [0.05, 0.1) is 35.9 Å². The summed E-state index contributed by atoms with van der Waals surface area (Å²) in [5.41, 5.74) is 0.976. The standard InChI is InChI=1S/C23H21ClFNO6S/c1-14(15-4-8-20(29-2)22(10-15)30-3)26(16-5-9-21-23(11-16)32-13-31-21)33(27,28)17-6-7-19(25)18(24)12-17/h4-12,14H,13H2,1-3H3. The van der Waals surface area contributed by atoms with Gasteiger partial charge in [0.25, 0.3) is 10.0 Å². The quantitative estimate of drug-likeness (QED) is 0.451. The van der Waals surface area contributed by atoms with E-state index in [4.69, 9.17) is 30.5 Å². The van der Waals surface area contributed by atoms with Crippen LogP contribution in [-0.2, 0) is 10.0 Å². The number of anilines is 1. The summed E-state index contributed by atoms with van der Waals surface area (Å²) in [6, 6.07) is 12.6. The average Bonchev–Trinajstić information content (AvgIpc) is 3.28. The van der Waals surface area contributed by atoms with Gasteiger partial charge in [-0.05, 0) is 55.0 Å². The summed E-state index contributed by atoms with van der Waals surface area (Å²) in [5.74, 6) is 1.19. The molecule has 33 heavy (non-hydrogen) atoms. The van der Waals surface area contributed by atoms with Gasteiger partial charge in [0.1, 0.15) is 5.82 Å². The molecule has 10 heteroatoms. The zero-order valence-corrected chi connectivity index (χ0v) is 19.6. The van der Waals surface area contributed by atoms with E-state index in [2.05, 4.69) is 0 Å². The van der Waals surface area contributed by atoms with Crippen LogP contribution in [-0.4, -0.2) is 29.4 Å². The molecule has 3 aromatic rings. The maximum Gasteiger partial charge on any atom is 0.264 e. The third-order valence-electron chi connectivity index (χ3n) is 5.30. The summed E-state index contributed by atoms with van der Waals surface area (Å²) in [5, 5.41) is -0.291. The zero-order valence-electron chi connectivity index (χ0n) is 18.0. The fraction of sp³-hybridized carbons (Fsp3) is 0.217. The first kappa shape index (κ1) is 23.0. The van der Waals surface area contributed by atoms with Crippen molar-refractivity contribution in [2.45, 2.75) is 17.9 Å². The summed E-state index contributed by atoms with van der Waals surface area (Å²) < 4.78 is 64.0. The molecular weight excluding hydrogens is 473 g/mol. The monoisotopic (exact) mass is 493 g/mol. The van der Waals surface area contributed by atoms with Crippen molar-refractivity contribution in [3.05, 3.63) is 71.0 Å². The Hall–Kier alpha value is -3.17. The summed E-state index contributed by atoms with van der Waals surface area (Å²) in [6.07, 6.45) is 0. The molecule has 0 aromatic heterocycles. The van der Waals surface area contributed by atoms with Crippen LogP contribution in [0.15, 0.2) is 59.5 Å². The lowest BCUT2D eigenvalue weighted by Crippen LogP contribution is -2.33. The minimum absolute atomic E-state index is 0.0460. The van der Waals surface area contributed by atoms with E-state index in [0.29, 0.717) is 34.2 Å². The van der Waals surface area contributed by atoms with Crippen LogP contribution in [0.25, 0.3) is 0 Å². The number of benzene rings is 3. The third kappa shape index (κ3) is 4.26. The van der Waals surface area contributed by atoms with Crippen molar-refractivity contribution in [3.8, 4) is 23.0 Å². The minimum atomic E-state index is -4.18. The van der Waals surface area contributed by atoms with Crippen molar-refractivity contribution < 1.29 is 31.8 Å². The van der Waals surface area contributed by atoms with E-state index < -0.39 is 21.9 Å². The van der Waals surface area contributed by atoms with Crippen LogP contribution >= 0.6 is 11.6 Å². The molecule has 7 nitrogen and oxygen atoms in total. The highest BCUT2D eigenvalue weighted by Crippen LogP contribution is 2.41. The molecule has 0 aliphatic carbocycles. The van der Waals surface area contributed by atoms with E-state index in [1.54, 1.807) is 43.3 Å². The van der Waals surface area contributed by atoms with Gasteiger partial charge < -0.3 is 18.9 Å². The fourth-order valence-corrected chi connectivity index (χ4v) is 5.50. The van der Waals surface area contributed by atoms with Gasteiger partial charge in [-0.1, -0.05) is 17.7 Å². The highest BCUT2D eigenvalue weighted by atomic mass is 35.5. The molecule has 0 spiro atoms. The van der Waals surface area contributed by atoms with Crippen molar-refractivity contribution in [1.82, 2.24) is 0 Å². The van der Waals surface area contributed by atoms with Crippen LogP contribution < -0.4 is 23.3 Å². The smallest absolute Gasteiger partial charge is 0.264 e. The minimum Gasteiger partial charge on any atom is -0.493 e. The molecule has 3 aromatic carbocycles. The maximum absolute atomic E-state index is 13.8. The van der Waals surface area contributed by atoms with Gasteiger partial charge in [0, 0.05) is 6.07 Å². The highest BCUT2D eigenvalue weighted by molar-refractivity contribution is 7.92. The van der Waals surface area contributed by atoms with Crippen LogP contribution in [0.4, 0.5) is 10.1 Å². The van der Waals surface area contributed by atoms with Crippen LogP contribution in [0.2, 0.25) is 5.02 Å². The van der Waals surface area contributed by atoms with E-state index >= 15 is 0 Å². The summed E-state index contributed by atoms with van der Waals surface area (Å²) in [6.45, 7) is 1.78. The number of nitrogens with zero attached hydrogens (tertiary/aromatic N) is 1. The molecule has 1 aliphatic rings. The average molecular weight is 494 g/mol. The lowest BCUT2D eigenvalue weighted by atomic mass is 10.1. The second kappa shape index (κ2) is 8.99. The second-order valence-corrected chi connectivity index (χ2v) is 9.43. The number of ether oxygens (including phenoxy) is 4. The van der Waals surface area contributed by atoms with Gasteiger partial charge in [-0.3, -0.25) is 4.31 Å². The van der Waals surface area contributed by atoms with E-state index in [0.717, 1.165) is 12.1 Å². The molecule has 0 bridgehead atoms. The van der Waals surface area contributed by atoms with Crippen LogP contribution in [0, 0.1) is 5.82 Å². The second-order valence-electron chi connectivity index (χ2n) is 7.20. The highest BCUT2D eigenvalue weighted by Gasteiger charge is 2.32. The van der Waals surface area contributed by atoms with E-state index in [9.17, 15) is 12.8 Å². The molecule has 0 fully saturated rings. The van der Waals surface area contributed by atoms with Gasteiger partial charge in [-0.25, -0.2) is 12.8 Å². The Balaban J connectivity index is 1.86. The van der Waals surface area contributed by atoms with Gasteiger partial charge in [-0.2, -0.15) is 0 Å². The predicted molar refractivity (Wildman–Crippen MR) is 122 cm³/mol. The van der Waals surface area contributed by atoms with Crippen molar-refractivity contribution in [1.29, 1.82) is 0 Å². The fourth-order valence-electron chi connectivity index (χ4n) is 3.59. The number of rotatable bonds is 7. The SMILES string of the molecule is COc1ccc(C(C)N(c2ccc3c(c2)OCO3)S(=O)(=O)c2ccc(F)c(Cl)c2)cc1OC. The first-order valence-corrected chi connectivity index (χ1v) is 11.7. The number of sulfonamides is 1. The summed E-state index contributed by atoms with van der Waals surface area (Å²) in [7, 11) is -1.16. The normalized spacial score (nSPS) is 13.5. The summed E-state index contributed by atoms with van der Waals surface area (Å²) in [4.78, 5) is -0.154. The Morgan fingerprint density at radius 3 is 2.39 bits per heavy atom. The number of hydrogen-bond donors (Lipinski definition) is 0. The molecule has 0 amide bonds. The maximum atomic E-state index is 13.8. The van der Waals surface area contributed by atoms with Crippen molar-refractivity contribution in [3.63, 3.8) is 0 Å².